The molecule has 0 amide bonds. The van der Waals surface area contributed by atoms with Crippen molar-refractivity contribution in [2.24, 2.45) is 5.92 Å². The topological polar surface area (TPSA) is 40.5 Å². The Morgan fingerprint density at radius 3 is 2.70 bits per heavy atom. The van der Waals surface area contributed by atoms with Crippen LogP contribution in [-0.4, -0.2) is 29.1 Å². The highest BCUT2D eigenvalue weighted by Gasteiger charge is 2.17. The van der Waals surface area contributed by atoms with E-state index >= 15 is 0 Å². The second kappa shape index (κ2) is 7.44. The lowest BCUT2D eigenvalue weighted by Gasteiger charge is -2.21. The lowest BCUT2D eigenvalue weighted by atomic mass is 9.98. The highest BCUT2D eigenvalue weighted by atomic mass is 16.4. The van der Waals surface area contributed by atoms with Crippen molar-refractivity contribution in [2.75, 3.05) is 13.1 Å². The van der Waals surface area contributed by atoms with E-state index in [0.717, 1.165) is 31.1 Å². The van der Waals surface area contributed by atoms with Crippen molar-refractivity contribution in [3.05, 3.63) is 35.4 Å². The molecule has 3 heteroatoms. The highest BCUT2D eigenvalue weighted by molar-refractivity contribution is 5.70. The Labute approximate surface area is 121 Å². The number of rotatable bonds is 5. The van der Waals surface area contributed by atoms with Gasteiger partial charge in [0.15, 0.2) is 0 Å². The molecule has 1 N–H and O–H groups in total. The van der Waals surface area contributed by atoms with E-state index in [1.54, 1.807) is 0 Å². The van der Waals surface area contributed by atoms with E-state index < -0.39 is 5.97 Å². The summed E-state index contributed by atoms with van der Waals surface area (Å²) in [5.74, 6) is 0.119. The van der Waals surface area contributed by atoms with Gasteiger partial charge in [0, 0.05) is 6.54 Å². The smallest absolute Gasteiger partial charge is 0.307 e. The van der Waals surface area contributed by atoms with Gasteiger partial charge in [-0.3, -0.25) is 9.69 Å². The van der Waals surface area contributed by atoms with Gasteiger partial charge in [0.2, 0.25) is 0 Å². The van der Waals surface area contributed by atoms with Crippen LogP contribution in [-0.2, 0) is 17.8 Å². The van der Waals surface area contributed by atoms with E-state index in [-0.39, 0.29) is 6.42 Å². The first-order chi connectivity index (χ1) is 9.69. The largest absolute Gasteiger partial charge is 0.481 e. The van der Waals surface area contributed by atoms with Gasteiger partial charge in [0.05, 0.1) is 6.42 Å². The third kappa shape index (κ3) is 4.34. The molecule has 0 aliphatic carbocycles. The van der Waals surface area contributed by atoms with Crippen LogP contribution in [0.2, 0.25) is 0 Å². The molecule has 2 rings (SSSR count). The predicted molar refractivity (Wildman–Crippen MR) is 80.7 cm³/mol. The first kappa shape index (κ1) is 15.0. The standard InChI is InChI=1S/C17H25NO2/c1-2-14-6-5-10-18(11-9-14)13-16-8-4-3-7-15(16)12-17(19)20/h3-4,7-8,14H,2,5-6,9-13H2,1H3,(H,19,20). The molecule has 1 aliphatic heterocycles. The van der Waals surface area contributed by atoms with Gasteiger partial charge in [-0.25, -0.2) is 0 Å². The van der Waals surface area contributed by atoms with E-state index in [4.69, 9.17) is 5.11 Å². The quantitative estimate of drug-likeness (QED) is 0.896. The molecule has 1 aromatic carbocycles. The Morgan fingerprint density at radius 1 is 1.25 bits per heavy atom. The number of aliphatic carboxylic acids is 1. The number of carbonyl (C=O) groups is 1. The first-order valence-electron chi connectivity index (χ1n) is 7.70. The normalized spacial score (nSPS) is 20.6. The predicted octanol–water partition coefficient (Wildman–Crippen LogP) is 3.33. The van der Waals surface area contributed by atoms with Gasteiger partial charge >= 0.3 is 5.97 Å². The molecule has 0 bridgehead atoms. The monoisotopic (exact) mass is 275 g/mol. The Hall–Kier alpha value is -1.35. The molecule has 110 valence electrons. The van der Waals surface area contributed by atoms with Crippen molar-refractivity contribution in [1.82, 2.24) is 4.90 Å². The molecular weight excluding hydrogens is 250 g/mol. The van der Waals surface area contributed by atoms with Crippen molar-refractivity contribution in [3.8, 4) is 0 Å². The summed E-state index contributed by atoms with van der Waals surface area (Å²) in [5, 5.41) is 9.00. The third-order valence-corrected chi connectivity index (χ3v) is 4.37. The number of hydrogen-bond donors (Lipinski definition) is 1. The van der Waals surface area contributed by atoms with Crippen LogP contribution in [0, 0.1) is 5.92 Å². The summed E-state index contributed by atoms with van der Waals surface area (Å²) in [6.45, 7) is 5.44. The molecule has 20 heavy (non-hydrogen) atoms. The van der Waals surface area contributed by atoms with E-state index in [0.29, 0.717) is 0 Å². The molecule has 3 nitrogen and oxygen atoms in total. The molecule has 1 heterocycles. The summed E-state index contributed by atoms with van der Waals surface area (Å²) in [6.07, 6.45) is 5.28. The third-order valence-electron chi connectivity index (χ3n) is 4.37. The molecule has 0 radical (unpaired) electrons. The van der Waals surface area contributed by atoms with E-state index in [2.05, 4.69) is 17.9 Å². The summed E-state index contributed by atoms with van der Waals surface area (Å²) in [6, 6.07) is 7.95. The van der Waals surface area contributed by atoms with Crippen LogP contribution in [0.15, 0.2) is 24.3 Å². The average Bonchev–Trinajstić information content (AvgIpc) is 2.65. The Bertz CT molecular complexity index is 444. The summed E-state index contributed by atoms with van der Waals surface area (Å²) in [4.78, 5) is 13.4. The molecule has 0 saturated carbocycles. The van der Waals surface area contributed by atoms with Crippen molar-refractivity contribution < 1.29 is 9.90 Å². The zero-order valence-electron chi connectivity index (χ0n) is 12.3. The summed E-state index contributed by atoms with van der Waals surface area (Å²) < 4.78 is 0. The summed E-state index contributed by atoms with van der Waals surface area (Å²) in [5.41, 5.74) is 2.13. The minimum absolute atomic E-state index is 0.127. The number of carboxylic acid groups (broad SMARTS) is 1. The maximum Gasteiger partial charge on any atom is 0.307 e. The van der Waals surface area contributed by atoms with Gasteiger partial charge in [0.1, 0.15) is 0 Å². The summed E-state index contributed by atoms with van der Waals surface area (Å²) in [7, 11) is 0. The van der Waals surface area contributed by atoms with Crippen LogP contribution in [0.1, 0.15) is 43.7 Å². The van der Waals surface area contributed by atoms with E-state index in [1.807, 2.05) is 18.2 Å². The number of likely N-dealkylation sites (tertiary alicyclic amines) is 1. The lowest BCUT2D eigenvalue weighted by molar-refractivity contribution is -0.136. The van der Waals surface area contributed by atoms with Crippen molar-refractivity contribution >= 4 is 5.97 Å². The van der Waals surface area contributed by atoms with Gasteiger partial charge in [-0.05, 0) is 49.4 Å². The van der Waals surface area contributed by atoms with Crippen molar-refractivity contribution in [2.45, 2.75) is 45.6 Å². The first-order valence-corrected chi connectivity index (χ1v) is 7.70. The van der Waals surface area contributed by atoms with Crippen LogP contribution in [0.3, 0.4) is 0 Å². The van der Waals surface area contributed by atoms with Gasteiger partial charge in [-0.2, -0.15) is 0 Å². The van der Waals surface area contributed by atoms with Crippen LogP contribution < -0.4 is 0 Å². The molecular formula is C17H25NO2. The SMILES string of the molecule is CCC1CCCN(Cc2ccccc2CC(=O)O)CC1. The van der Waals surface area contributed by atoms with Crippen molar-refractivity contribution in [3.63, 3.8) is 0 Å². The number of hydrogen-bond acceptors (Lipinski definition) is 2. The Kier molecular flexibility index (Phi) is 5.60. The van der Waals surface area contributed by atoms with Gasteiger partial charge in [-0.15, -0.1) is 0 Å². The van der Waals surface area contributed by atoms with Gasteiger partial charge < -0.3 is 5.11 Å². The number of nitrogens with zero attached hydrogens (tertiary/aromatic N) is 1. The van der Waals surface area contributed by atoms with E-state index in [9.17, 15) is 4.79 Å². The average molecular weight is 275 g/mol. The molecule has 1 atom stereocenters. The number of benzene rings is 1. The van der Waals surface area contributed by atoms with Gasteiger partial charge in [-0.1, -0.05) is 37.6 Å². The Morgan fingerprint density at radius 2 is 2.00 bits per heavy atom. The molecule has 1 unspecified atom stereocenters. The molecule has 0 spiro atoms. The highest BCUT2D eigenvalue weighted by Crippen LogP contribution is 2.22. The molecule has 1 fully saturated rings. The molecule has 1 saturated heterocycles. The molecule has 1 aliphatic rings. The van der Waals surface area contributed by atoms with Crippen LogP contribution in [0.5, 0.6) is 0 Å². The molecule has 0 aromatic heterocycles. The fraction of sp³-hybridized carbons (Fsp3) is 0.588. The maximum atomic E-state index is 10.9. The summed E-state index contributed by atoms with van der Waals surface area (Å²) >= 11 is 0. The van der Waals surface area contributed by atoms with Crippen LogP contribution >= 0.6 is 0 Å². The fourth-order valence-corrected chi connectivity index (χ4v) is 3.08. The number of carboxylic acids is 1. The minimum Gasteiger partial charge on any atom is -0.481 e. The van der Waals surface area contributed by atoms with Crippen molar-refractivity contribution in [1.29, 1.82) is 0 Å². The minimum atomic E-state index is -0.751. The molecule has 1 aromatic rings. The zero-order chi connectivity index (χ0) is 14.4. The maximum absolute atomic E-state index is 10.9. The second-order valence-electron chi connectivity index (χ2n) is 5.82. The van der Waals surface area contributed by atoms with E-state index in [1.165, 1.54) is 31.2 Å². The van der Waals surface area contributed by atoms with Crippen LogP contribution in [0.25, 0.3) is 0 Å². The second-order valence-corrected chi connectivity index (χ2v) is 5.82. The lowest BCUT2D eigenvalue weighted by Crippen LogP contribution is -2.25. The van der Waals surface area contributed by atoms with Gasteiger partial charge in [0.25, 0.3) is 0 Å². The Balaban J connectivity index is 2.00. The zero-order valence-corrected chi connectivity index (χ0v) is 12.3. The van der Waals surface area contributed by atoms with Crippen LogP contribution in [0.4, 0.5) is 0 Å². The fourth-order valence-electron chi connectivity index (χ4n) is 3.08.